The number of hydrogen-bond acceptors (Lipinski definition) is 7. The van der Waals surface area contributed by atoms with Crippen LogP contribution in [0.15, 0.2) is 40.8 Å². The van der Waals surface area contributed by atoms with E-state index in [1.54, 1.807) is 13.2 Å². The van der Waals surface area contributed by atoms with Gasteiger partial charge in [0.1, 0.15) is 17.1 Å². The molecule has 0 saturated heterocycles. The van der Waals surface area contributed by atoms with E-state index >= 15 is 0 Å². The Morgan fingerprint density at radius 3 is 2.77 bits per heavy atom. The van der Waals surface area contributed by atoms with Crippen LogP contribution in [0.5, 0.6) is 5.75 Å². The first kappa shape index (κ1) is 20.5. The van der Waals surface area contributed by atoms with Gasteiger partial charge in [0, 0.05) is 35.2 Å². The van der Waals surface area contributed by atoms with E-state index in [2.05, 4.69) is 10.3 Å². The minimum atomic E-state index is -0.461. The number of ether oxygens (including phenoxy) is 1. The first-order valence-corrected chi connectivity index (χ1v) is 10.2. The molecule has 0 aliphatic carbocycles. The van der Waals surface area contributed by atoms with Crippen molar-refractivity contribution in [1.29, 1.82) is 0 Å². The van der Waals surface area contributed by atoms with Gasteiger partial charge in [-0.25, -0.2) is 4.98 Å². The SMILES string of the molecule is COc1cc2oc(C)c(C)c2cc1/C(C)=C/C(=O)Nc1nc2ccc([N+](=O)[O-])cc2s1. The monoisotopic (exact) mass is 437 g/mol. The molecule has 1 N–H and O–H groups in total. The average molecular weight is 437 g/mol. The Labute approximate surface area is 181 Å². The number of carbonyl (C=O) groups is 1. The summed E-state index contributed by atoms with van der Waals surface area (Å²) in [5, 5.41) is 15.0. The Morgan fingerprint density at radius 2 is 2.06 bits per heavy atom. The van der Waals surface area contributed by atoms with Crippen LogP contribution in [0.2, 0.25) is 0 Å². The second-order valence-corrected chi connectivity index (χ2v) is 8.11. The summed E-state index contributed by atoms with van der Waals surface area (Å²) >= 11 is 1.18. The highest BCUT2D eigenvalue weighted by molar-refractivity contribution is 7.22. The van der Waals surface area contributed by atoms with Gasteiger partial charge in [0.15, 0.2) is 5.13 Å². The first-order valence-electron chi connectivity index (χ1n) is 9.39. The van der Waals surface area contributed by atoms with Gasteiger partial charge in [-0.2, -0.15) is 0 Å². The molecule has 0 unspecified atom stereocenters. The van der Waals surface area contributed by atoms with E-state index in [0.29, 0.717) is 26.7 Å². The Hall–Kier alpha value is -3.72. The van der Waals surface area contributed by atoms with Gasteiger partial charge < -0.3 is 9.15 Å². The molecule has 4 aromatic rings. The molecule has 0 spiro atoms. The molecule has 2 heterocycles. The van der Waals surface area contributed by atoms with E-state index in [9.17, 15) is 14.9 Å². The minimum absolute atomic E-state index is 0.0166. The number of fused-ring (bicyclic) bond motifs is 2. The molecule has 0 fully saturated rings. The number of furan rings is 1. The highest BCUT2D eigenvalue weighted by atomic mass is 32.1. The second-order valence-electron chi connectivity index (χ2n) is 7.08. The number of methoxy groups -OCH3 is 1. The molecule has 0 aliphatic rings. The predicted octanol–water partition coefficient (Wildman–Crippen LogP) is 5.62. The molecular formula is C22H19N3O5S. The first-order chi connectivity index (χ1) is 14.8. The van der Waals surface area contributed by atoms with E-state index in [4.69, 9.17) is 9.15 Å². The van der Waals surface area contributed by atoms with Gasteiger partial charge in [0.25, 0.3) is 5.69 Å². The number of thiazole rings is 1. The molecule has 8 nitrogen and oxygen atoms in total. The van der Waals surface area contributed by atoms with Crippen molar-refractivity contribution in [1.82, 2.24) is 4.98 Å². The normalized spacial score (nSPS) is 11.8. The Balaban J connectivity index is 1.62. The maximum Gasteiger partial charge on any atom is 0.270 e. The molecule has 0 radical (unpaired) electrons. The number of allylic oxidation sites excluding steroid dienone is 1. The van der Waals surface area contributed by atoms with Gasteiger partial charge >= 0.3 is 0 Å². The van der Waals surface area contributed by atoms with E-state index in [-0.39, 0.29) is 11.6 Å². The van der Waals surface area contributed by atoms with Gasteiger partial charge in [-0.05, 0) is 44.0 Å². The number of nitrogens with zero attached hydrogens (tertiary/aromatic N) is 2. The quantitative estimate of drug-likeness (QED) is 0.247. The molecular weight excluding hydrogens is 418 g/mol. The van der Waals surface area contributed by atoms with Crippen LogP contribution in [-0.4, -0.2) is 22.9 Å². The van der Waals surface area contributed by atoms with Crippen molar-refractivity contribution < 1.29 is 18.9 Å². The maximum atomic E-state index is 12.6. The number of rotatable bonds is 5. The fourth-order valence-electron chi connectivity index (χ4n) is 3.34. The van der Waals surface area contributed by atoms with Crippen LogP contribution in [0.4, 0.5) is 10.8 Å². The largest absolute Gasteiger partial charge is 0.496 e. The number of anilines is 1. The van der Waals surface area contributed by atoms with Crippen LogP contribution in [0, 0.1) is 24.0 Å². The lowest BCUT2D eigenvalue weighted by atomic mass is 10.0. The van der Waals surface area contributed by atoms with Crippen molar-refractivity contribution >= 4 is 54.8 Å². The summed E-state index contributed by atoms with van der Waals surface area (Å²) in [6.07, 6.45) is 1.47. The number of nitro groups is 1. The smallest absolute Gasteiger partial charge is 0.270 e. The summed E-state index contributed by atoms with van der Waals surface area (Å²) in [7, 11) is 1.57. The zero-order valence-electron chi connectivity index (χ0n) is 17.3. The standard InChI is InChI=1S/C22H19N3O5S/c1-11(15-9-16-12(2)13(3)30-19(16)10-18(15)29-4)7-21(26)24-22-23-17-6-5-14(25(27)28)8-20(17)31-22/h5-10H,1-4H3,(H,23,24,26)/b11-7+. The number of nitro benzene ring substituents is 1. The maximum absolute atomic E-state index is 12.6. The number of aromatic nitrogens is 1. The topological polar surface area (TPSA) is 108 Å². The lowest BCUT2D eigenvalue weighted by Crippen LogP contribution is -2.08. The van der Waals surface area contributed by atoms with E-state index in [0.717, 1.165) is 27.9 Å². The summed E-state index contributed by atoms with van der Waals surface area (Å²) in [6.45, 7) is 5.72. The fraction of sp³-hybridized carbons (Fsp3) is 0.182. The lowest BCUT2D eigenvalue weighted by molar-refractivity contribution is -0.384. The van der Waals surface area contributed by atoms with Crippen molar-refractivity contribution in [2.75, 3.05) is 12.4 Å². The van der Waals surface area contributed by atoms with Crippen molar-refractivity contribution in [3.05, 3.63) is 63.4 Å². The van der Waals surface area contributed by atoms with Gasteiger partial charge in [-0.3, -0.25) is 20.2 Å². The molecule has 4 rings (SSSR count). The molecule has 31 heavy (non-hydrogen) atoms. The van der Waals surface area contributed by atoms with Gasteiger partial charge in [-0.1, -0.05) is 11.3 Å². The van der Waals surface area contributed by atoms with Crippen LogP contribution < -0.4 is 10.1 Å². The molecule has 2 aromatic heterocycles. The molecule has 0 bridgehead atoms. The van der Waals surface area contributed by atoms with Gasteiger partial charge in [-0.15, -0.1) is 0 Å². The molecule has 9 heteroatoms. The summed E-state index contributed by atoms with van der Waals surface area (Å²) < 4.78 is 11.9. The number of carbonyl (C=O) groups excluding carboxylic acids is 1. The van der Waals surface area contributed by atoms with Crippen LogP contribution >= 0.6 is 11.3 Å². The van der Waals surface area contributed by atoms with Crippen molar-refractivity contribution in [2.45, 2.75) is 20.8 Å². The molecule has 0 atom stereocenters. The third kappa shape index (κ3) is 3.87. The minimum Gasteiger partial charge on any atom is -0.496 e. The van der Waals surface area contributed by atoms with E-state index in [1.807, 2.05) is 32.9 Å². The molecule has 0 saturated carbocycles. The second kappa shape index (κ2) is 7.84. The van der Waals surface area contributed by atoms with Crippen LogP contribution in [-0.2, 0) is 4.79 Å². The number of nitrogens with one attached hydrogen (secondary N) is 1. The third-order valence-corrected chi connectivity index (χ3v) is 6.02. The summed E-state index contributed by atoms with van der Waals surface area (Å²) in [4.78, 5) is 27.4. The number of non-ortho nitro benzene ring substituents is 1. The van der Waals surface area contributed by atoms with E-state index < -0.39 is 4.92 Å². The average Bonchev–Trinajstić information content (AvgIpc) is 3.25. The zero-order valence-corrected chi connectivity index (χ0v) is 18.1. The Kier molecular flexibility index (Phi) is 5.20. The lowest BCUT2D eigenvalue weighted by Gasteiger charge is -2.09. The van der Waals surface area contributed by atoms with Crippen LogP contribution in [0.25, 0.3) is 26.8 Å². The van der Waals surface area contributed by atoms with E-state index in [1.165, 1.54) is 29.5 Å². The number of aryl methyl sites for hydroxylation is 2. The van der Waals surface area contributed by atoms with Crippen molar-refractivity contribution in [3.63, 3.8) is 0 Å². The van der Waals surface area contributed by atoms with Crippen molar-refractivity contribution in [2.24, 2.45) is 0 Å². The summed E-state index contributed by atoms with van der Waals surface area (Å²) in [5.74, 6) is 1.09. The molecule has 2 aromatic carbocycles. The van der Waals surface area contributed by atoms with Crippen molar-refractivity contribution in [3.8, 4) is 5.75 Å². The number of hydrogen-bond donors (Lipinski definition) is 1. The number of benzene rings is 2. The van der Waals surface area contributed by atoms with Gasteiger partial charge in [0.05, 0.1) is 22.2 Å². The van der Waals surface area contributed by atoms with Crippen LogP contribution in [0.1, 0.15) is 23.8 Å². The summed E-state index contributed by atoms with van der Waals surface area (Å²) in [5.41, 5.74) is 3.85. The molecule has 158 valence electrons. The number of amides is 1. The Bertz CT molecular complexity index is 1380. The predicted molar refractivity (Wildman–Crippen MR) is 121 cm³/mol. The summed E-state index contributed by atoms with van der Waals surface area (Å²) in [6, 6.07) is 8.17. The highest BCUT2D eigenvalue weighted by Crippen LogP contribution is 2.35. The fourth-order valence-corrected chi connectivity index (χ4v) is 4.24. The van der Waals surface area contributed by atoms with Crippen LogP contribution in [0.3, 0.4) is 0 Å². The zero-order chi connectivity index (χ0) is 22.3. The third-order valence-electron chi connectivity index (χ3n) is 5.08. The Morgan fingerprint density at radius 1 is 1.29 bits per heavy atom. The van der Waals surface area contributed by atoms with Gasteiger partial charge in [0.2, 0.25) is 5.91 Å². The molecule has 1 amide bonds. The highest BCUT2D eigenvalue weighted by Gasteiger charge is 2.15. The molecule has 0 aliphatic heterocycles.